The van der Waals surface area contributed by atoms with E-state index in [0.717, 1.165) is 41.0 Å². The molecule has 4 amide bonds. The second-order valence-corrected chi connectivity index (χ2v) is 8.35. The summed E-state index contributed by atoms with van der Waals surface area (Å²) in [7, 11) is 0. The molecule has 2 N–H and O–H groups in total. The Morgan fingerprint density at radius 2 is 2.07 bits per heavy atom. The number of nitriles is 1. The molecule has 29 heavy (non-hydrogen) atoms. The number of thiophene rings is 1. The second-order valence-electron chi connectivity index (χ2n) is 7.24. The van der Waals surface area contributed by atoms with E-state index in [1.807, 2.05) is 0 Å². The molecule has 0 unspecified atom stereocenters. The van der Waals surface area contributed by atoms with Crippen molar-refractivity contribution in [3.63, 3.8) is 0 Å². The summed E-state index contributed by atoms with van der Waals surface area (Å²) < 4.78 is 4.91. The molecule has 0 spiro atoms. The van der Waals surface area contributed by atoms with Crippen molar-refractivity contribution in [1.29, 1.82) is 5.26 Å². The molecular weight excluding hydrogens is 396 g/mol. The fraction of sp³-hybridized carbons (Fsp3) is 0.526. The van der Waals surface area contributed by atoms with Crippen LogP contribution in [0.4, 0.5) is 9.80 Å². The van der Waals surface area contributed by atoms with Gasteiger partial charge in [0.15, 0.2) is 6.61 Å². The van der Waals surface area contributed by atoms with Crippen molar-refractivity contribution in [3.8, 4) is 6.07 Å². The van der Waals surface area contributed by atoms with Crippen LogP contribution in [0.5, 0.6) is 0 Å². The summed E-state index contributed by atoms with van der Waals surface area (Å²) in [6, 6.07) is 1.48. The summed E-state index contributed by atoms with van der Waals surface area (Å²) in [5.74, 6) is -1.95. The Morgan fingerprint density at radius 3 is 2.72 bits per heavy atom. The number of anilines is 1. The van der Waals surface area contributed by atoms with Gasteiger partial charge in [0, 0.05) is 4.88 Å². The number of carbonyl (C=O) groups excluding carboxylic acids is 4. The molecule has 1 aromatic rings. The molecule has 3 rings (SSSR count). The van der Waals surface area contributed by atoms with Crippen molar-refractivity contribution >= 4 is 40.2 Å². The minimum atomic E-state index is -1.04. The van der Waals surface area contributed by atoms with Gasteiger partial charge in [0.2, 0.25) is 0 Å². The van der Waals surface area contributed by atoms with Gasteiger partial charge in [-0.2, -0.15) is 5.26 Å². The molecule has 0 bridgehead atoms. The third kappa shape index (κ3) is 4.10. The highest BCUT2D eigenvalue weighted by Crippen LogP contribution is 2.37. The third-order valence-corrected chi connectivity index (χ3v) is 6.45. The van der Waals surface area contributed by atoms with Gasteiger partial charge in [-0.3, -0.25) is 19.3 Å². The van der Waals surface area contributed by atoms with E-state index in [9.17, 15) is 24.4 Å². The Morgan fingerprint density at radius 1 is 1.34 bits per heavy atom. The van der Waals surface area contributed by atoms with Gasteiger partial charge in [0.1, 0.15) is 23.2 Å². The highest BCUT2D eigenvalue weighted by molar-refractivity contribution is 7.16. The third-order valence-electron chi connectivity index (χ3n) is 5.24. The van der Waals surface area contributed by atoms with E-state index < -0.39 is 42.5 Å². The molecule has 2 aliphatic rings. The predicted octanol–water partition coefficient (Wildman–Crippen LogP) is 1.70. The Hall–Kier alpha value is -2.93. The smallest absolute Gasteiger partial charge is 0.326 e. The van der Waals surface area contributed by atoms with E-state index in [1.54, 1.807) is 13.8 Å². The van der Waals surface area contributed by atoms with E-state index in [-0.39, 0.29) is 0 Å². The van der Waals surface area contributed by atoms with Crippen LogP contribution in [0.25, 0.3) is 0 Å². The number of hydrogen-bond donors (Lipinski definition) is 2. The number of rotatable bonds is 6. The van der Waals surface area contributed by atoms with Gasteiger partial charge in [0.05, 0.1) is 5.56 Å². The van der Waals surface area contributed by atoms with Gasteiger partial charge >= 0.3 is 12.0 Å². The van der Waals surface area contributed by atoms with E-state index in [1.165, 1.54) is 11.3 Å². The summed E-state index contributed by atoms with van der Waals surface area (Å²) in [6.45, 7) is 2.20. The maximum Gasteiger partial charge on any atom is 0.326 e. The zero-order valence-corrected chi connectivity index (χ0v) is 17.1. The minimum absolute atomic E-state index is 0.386. The molecule has 1 aromatic heterocycles. The van der Waals surface area contributed by atoms with Gasteiger partial charge in [-0.25, -0.2) is 4.79 Å². The summed E-state index contributed by atoms with van der Waals surface area (Å²) >= 11 is 1.38. The number of hydrogen-bond acceptors (Lipinski definition) is 7. The molecule has 0 radical (unpaired) electrons. The molecule has 0 saturated carbocycles. The first kappa shape index (κ1) is 20.8. The Kier molecular flexibility index (Phi) is 5.88. The van der Waals surface area contributed by atoms with E-state index >= 15 is 0 Å². The number of carbonyl (C=O) groups is 4. The molecule has 1 atom stereocenters. The van der Waals surface area contributed by atoms with Gasteiger partial charge in [-0.05, 0) is 44.6 Å². The number of nitrogens with zero attached hydrogens (tertiary/aromatic N) is 2. The summed E-state index contributed by atoms with van der Waals surface area (Å²) in [5, 5.41) is 15.0. The number of fused-ring (bicyclic) bond motifs is 1. The molecule has 0 aromatic carbocycles. The van der Waals surface area contributed by atoms with Crippen LogP contribution in [0.1, 0.15) is 49.1 Å². The minimum Gasteiger partial charge on any atom is -0.454 e. The molecule has 10 heteroatoms. The van der Waals surface area contributed by atoms with Gasteiger partial charge in [0.25, 0.3) is 11.8 Å². The normalized spacial score (nSPS) is 20.7. The maximum atomic E-state index is 12.3. The first-order valence-electron chi connectivity index (χ1n) is 9.43. The quantitative estimate of drug-likeness (QED) is 0.534. The van der Waals surface area contributed by atoms with Gasteiger partial charge in [-0.15, -0.1) is 11.3 Å². The zero-order valence-electron chi connectivity index (χ0n) is 16.3. The van der Waals surface area contributed by atoms with Crippen LogP contribution >= 0.6 is 11.3 Å². The number of amides is 4. The molecule has 2 heterocycles. The van der Waals surface area contributed by atoms with Crippen molar-refractivity contribution in [3.05, 3.63) is 16.0 Å². The Balaban J connectivity index is 1.55. The van der Waals surface area contributed by atoms with Crippen molar-refractivity contribution in [1.82, 2.24) is 10.2 Å². The van der Waals surface area contributed by atoms with Crippen molar-refractivity contribution < 1.29 is 23.9 Å². The summed E-state index contributed by atoms with van der Waals surface area (Å²) in [5.41, 5.74) is 0.428. The number of nitrogens with one attached hydrogen (secondary N) is 2. The van der Waals surface area contributed by atoms with Gasteiger partial charge in [-0.1, -0.05) is 6.92 Å². The summed E-state index contributed by atoms with van der Waals surface area (Å²) in [6.07, 6.45) is 4.18. The SMILES string of the molecule is CC[C@]1(C)NC(=O)N(CC(=O)OCC(=O)Nc2sc3c(c2C#N)CCCC3)C1=O. The Labute approximate surface area is 172 Å². The molecule has 1 fully saturated rings. The number of urea groups is 1. The average Bonchev–Trinajstić information content (AvgIpc) is 3.15. The van der Waals surface area contributed by atoms with E-state index in [0.29, 0.717) is 17.0 Å². The molecule has 154 valence electrons. The first-order valence-corrected chi connectivity index (χ1v) is 10.2. The highest BCUT2D eigenvalue weighted by Gasteiger charge is 2.47. The lowest BCUT2D eigenvalue weighted by Gasteiger charge is -2.18. The predicted molar refractivity (Wildman–Crippen MR) is 104 cm³/mol. The highest BCUT2D eigenvalue weighted by atomic mass is 32.1. The number of imide groups is 1. The van der Waals surface area contributed by atoms with Crippen LogP contribution in [0.15, 0.2) is 0 Å². The van der Waals surface area contributed by atoms with Crippen molar-refractivity contribution in [2.75, 3.05) is 18.5 Å². The van der Waals surface area contributed by atoms with Crippen LogP contribution in [0, 0.1) is 11.3 Å². The topological polar surface area (TPSA) is 129 Å². The molecule has 1 aliphatic carbocycles. The lowest BCUT2D eigenvalue weighted by molar-refractivity contribution is -0.150. The second kappa shape index (κ2) is 8.21. The van der Waals surface area contributed by atoms with Crippen LogP contribution in [0.2, 0.25) is 0 Å². The standard InChI is InChI=1S/C19H22N4O5S/c1-3-19(2)17(26)23(18(27)22-19)9-15(25)28-10-14(24)21-16-12(8-20)11-6-4-5-7-13(11)29-16/h3-7,9-10H2,1-2H3,(H,21,24)(H,22,27)/t19-/m0/s1. The molecule has 9 nitrogen and oxygen atoms in total. The number of esters is 1. The van der Waals surface area contributed by atoms with Crippen LogP contribution < -0.4 is 10.6 Å². The zero-order chi connectivity index (χ0) is 21.2. The lowest BCUT2D eigenvalue weighted by atomic mass is 9.96. The Bertz CT molecular complexity index is 918. The number of ether oxygens (including phenoxy) is 1. The van der Waals surface area contributed by atoms with Crippen LogP contribution in [-0.2, 0) is 32.0 Å². The van der Waals surface area contributed by atoms with E-state index in [4.69, 9.17) is 4.74 Å². The summed E-state index contributed by atoms with van der Waals surface area (Å²) in [4.78, 5) is 50.3. The van der Waals surface area contributed by atoms with Crippen molar-refractivity contribution in [2.45, 2.75) is 51.5 Å². The fourth-order valence-corrected chi connectivity index (χ4v) is 4.64. The van der Waals surface area contributed by atoms with Gasteiger partial charge < -0.3 is 15.4 Å². The average molecular weight is 418 g/mol. The van der Waals surface area contributed by atoms with Crippen molar-refractivity contribution in [2.24, 2.45) is 0 Å². The first-order chi connectivity index (χ1) is 13.8. The largest absolute Gasteiger partial charge is 0.454 e. The lowest BCUT2D eigenvalue weighted by Crippen LogP contribution is -2.43. The monoisotopic (exact) mass is 418 g/mol. The van der Waals surface area contributed by atoms with Crippen LogP contribution in [0.3, 0.4) is 0 Å². The van der Waals surface area contributed by atoms with Crippen LogP contribution in [-0.4, -0.2) is 47.4 Å². The maximum absolute atomic E-state index is 12.3. The molecular formula is C19H22N4O5S. The number of aryl methyl sites for hydroxylation is 1. The fourth-order valence-electron chi connectivity index (χ4n) is 3.39. The van der Waals surface area contributed by atoms with E-state index in [2.05, 4.69) is 16.7 Å². The molecule has 1 saturated heterocycles. The molecule has 1 aliphatic heterocycles.